The first kappa shape index (κ1) is 18.6. The van der Waals surface area contributed by atoms with Crippen LogP contribution in [0.1, 0.15) is 28.8 Å². The van der Waals surface area contributed by atoms with Crippen LogP contribution < -0.4 is 9.80 Å². The zero-order valence-electron chi connectivity index (χ0n) is 15.7. The Balaban J connectivity index is 1.34. The summed E-state index contributed by atoms with van der Waals surface area (Å²) in [5.74, 6) is 1.15. The number of quaternary nitrogens is 1. The summed E-state index contributed by atoms with van der Waals surface area (Å²) >= 11 is 14.3. The molecule has 0 spiro atoms. The van der Waals surface area contributed by atoms with Crippen LogP contribution in [0.3, 0.4) is 0 Å². The number of benzene rings is 1. The van der Waals surface area contributed by atoms with Crippen molar-refractivity contribution in [2.75, 3.05) is 31.1 Å². The second-order valence-electron chi connectivity index (χ2n) is 7.74. The van der Waals surface area contributed by atoms with E-state index in [2.05, 4.69) is 16.0 Å². The second-order valence-corrected chi connectivity index (χ2v) is 9.67. The van der Waals surface area contributed by atoms with Crippen LogP contribution in [0, 0.1) is 0 Å². The van der Waals surface area contributed by atoms with E-state index in [1.54, 1.807) is 11.2 Å². The fraction of sp³-hybridized carbons (Fsp3) is 0.429. The monoisotopic (exact) mass is 433 g/mol. The average Bonchev–Trinajstić information content (AvgIpc) is 3.09. The molecular weight excluding hydrogens is 411 g/mol. The van der Waals surface area contributed by atoms with Crippen molar-refractivity contribution in [2.24, 2.45) is 0 Å². The number of aromatic nitrogens is 2. The molecule has 2 aliphatic rings. The lowest BCUT2D eigenvalue weighted by Gasteiger charge is -2.33. The molecule has 3 aromatic rings. The molecule has 4 nitrogen and oxygen atoms in total. The Morgan fingerprint density at radius 1 is 1.07 bits per heavy atom. The minimum absolute atomic E-state index is 0.695. The second kappa shape index (κ2) is 7.79. The molecule has 0 bridgehead atoms. The van der Waals surface area contributed by atoms with Crippen LogP contribution in [0.2, 0.25) is 10.0 Å². The molecule has 0 amide bonds. The Labute approximate surface area is 179 Å². The summed E-state index contributed by atoms with van der Waals surface area (Å²) in [6.45, 7) is 5.12. The van der Waals surface area contributed by atoms with Crippen molar-refractivity contribution < 1.29 is 4.90 Å². The number of hydrogen-bond acceptors (Lipinski definition) is 4. The third kappa shape index (κ3) is 3.50. The van der Waals surface area contributed by atoms with Gasteiger partial charge in [0.15, 0.2) is 0 Å². The van der Waals surface area contributed by atoms with Gasteiger partial charge in [0, 0.05) is 15.5 Å². The minimum atomic E-state index is 0.695. The zero-order chi connectivity index (χ0) is 19.1. The molecule has 1 aliphatic carbocycles. The molecule has 1 fully saturated rings. The fourth-order valence-electron chi connectivity index (χ4n) is 4.46. The standard InChI is InChI=1S/C21H22Cl2N4S/c22-15-6-5-14(17(23)11-15)12-26-7-9-27(10-8-26)20-19-16-3-1-2-4-18(16)28-21(19)25-13-24-20/h5-6,11,13H,1-4,7-10,12H2/p+1. The smallest absolute Gasteiger partial charge is 0.141 e. The molecule has 1 aromatic carbocycles. The summed E-state index contributed by atoms with van der Waals surface area (Å²) in [4.78, 5) is 16.0. The number of thiophene rings is 1. The van der Waals surface area contributed by atoms with Gasteiger partial charge in [-0.3, -0.25) is 0 Å². The zero-order valence-corrected chi connectivity index (χ0v) is 18.0. The summed E-state index contributed by atoms with van der Waals surface area (Å²) < 4.78 is 0. The van der Waals surface area contributed by atoms with E-state index in [1.165, 1.54) is 51.9 Å². The fourth-order valence-corrected chi connectivity index (χ4v) is 6.16. The molecule has 146 valence electrons. The number of hydrogen-bond donors (Lipinski definition) is 1. The Bertz CT molecular complexity index is 1010. The van der Waals surface area contributed by atoms with Crippen LogP contribution in [-0.4, -0.2) is 36.1 Å². The normalized spacial score (nSPS) is 17.9. The lowest BCUT2D eigenvalue weighted by Crippen LogP contribution is -3.13. The quantitative estimate of drug-likeness (QED) is 0.681. The molecule has 0 saturated carbocycles. The van der Waals surface area contributed by atoms with Crippen LogP contribution in [-0.2, 0) is 19.4 Å². The van der Waals surface area contributed by atoms with Gasteiger partial charge in [0.2, 0.25) is 0 Å². The summed E-state index contributed by atoms with van der Waals surface area (Å²) in [5, 5.41) is 2.79. The van der Waals surface area contributed by atoms with E-state index in [0.29, 0.717) is 5.02 Å². The number of rotatable bonds is 3. The Morgan fingerprint density at radius 2 is 1.89 bits per heavy atom. The Hall–Kier alpha value is -1.40. The van der Waals surface area contributed by atoms with Crippen molar-refractivity contribution >= 4 is 50.6 Å². The van der Waals surface area contributed by atoms with Gasteiger partial charge >= 0.3 is 0 Å². The first-order valence-electron chi connectivity index (χ1n) is 9.97. The number of anilines is 1. The van der Waals surface area contributed by atoms with Gasteiger partial charge in [-0.1, -0.05) is 29.3 Å². The van der Waals surface area contributed by atoms with E-state index < -0.39 is 0 Å². The van der Waals surface area contributed by atoms with Crippen molar-refractivity contribution in [1.29, 1.82) is 0 Å². The number of nitrogens with zero attached hydrogens (tertiary/aromatic N) is 3. The van der Waals surface area contributed by atoms with E-state index in [1.807, 2.05) is 23.5 Å². The molecule has 1 saturated heterocycles. The Kier molecular flexibility index (Phi) is 5.18. The molecule has 0 radical (unpaired) electrons. The van der Waals surface area contributed by atoms with Gasteiger partial charge in [0.25, 0.3) is 0 Å². The maximum Gasteiger partial charge on any atom is 0.141 e. The average molecular weight is 434 g/mol. The summed E-state index contributed by atoms with van der Waals surface area (Å²) in [6, 6.07) is 5.82. The lowest BCUT2D eigenvalue weighted by atomic mass is 9.97. The maximum absolute atomic E-state index is 6.37. The van der Waals surface area contributed by atoms with Gasteiger partial charge in [-0.05, 0) is 43.4 Å². The maximum atomic E-state index is 6.37. The van der Waals surface area contributed by atoms with E-state index in [9.17, 15) is 0 Å². The van der Waals surface area contributed by atoms with E-state index in [0.717, 1.165) is 43.6 Å². The van der Waals surface area contributed by atoms with Gasteiger partial charge in [0.1, 0.15) is 23.5 Å². The van der Waals surface area contributed by atoms with Gasteiger partial charge in [-0.25, -0.2) is 9.97 Å². The number of fused-ring (bicyclic) bond motifs is 3. The molecule has 28 heavy (non-hydrogen) atoms. The molecule has 3 heterocycles. The van der Waals surface area contributed by atoms with Crippen LogP contribution in [0.4, 0.5) is 5.82 Å². The van der Waals surface area contributed by atoms with E-state index in [4.69, 9.17) is 28.2 Å². The number of halogens is 2. The van der Waals surface area contributed by atoms with Gasteiger partial charge in [-0.2, -0.15) is 0 Å². The molecule has 7 heteroatoms. The number of nitrogens with one attached hydrogen (secondary N) is 1. The van der Waals surface area contributed by atoms with Crippen molar-refractivity contribution in [3.05, 3.63) is 50.6 Å². The predicted octanol–water partition coefficient (Wildman–Crippen LogP) is 3.78. The number of piperazine rings is 1. The first-order chi connectivity index (χ1) is 13.7. The first-order valence-corrected chi connectivity index (χ1v) is 11.5. The van der Waals surface area contributed by atoms with Crippen molar-refractivity contribution in [3.8, 4) is 0 Å². The predicted molar refractivity (Wildman–Crippen MR) is 117 cm³/mol. The molecular formula is C21H23Cl2N4S+. The molecule has 0 atom stereocenters. The lowest BCUT2D eigenvalue weighted by molar-refractivity contribution is -0.914. The van der Waals surface area contributed by atoms with Gasteiger partial charge in [0.05, 0.1) is 36.6 Å². The summed E-state index contributed by atoms with van der Waals surface area (Å²) in [6.07, 6.45) is 6.71. The highest BCUT2D eigenvalue weighted by atomic mass is 35.5. The highest BCUT2D eigenvalue weighted by molar-refractivity contribution is 7.19. The van der Waals surface area contributed by atoms with Gasteiger partial charge < -0.3 is 9.80 Å². The Morgan fingerprint density at radius 3 is 2.71 bits per heavy atom. The van der Waals surface area contributed by atoms with Crippen LogP contribution >= 0.6 is 34.5 Å². The SMILES string of the molecule is Clc1ccc(C[NH+]2CCN(c3ncnc4sc5c(c34)CCCC5)CC2)c(Cl)c1. The largest absolute Gasteiger partial charge is 0.345 e. The summed E-state index contributed by atoms with van der Waals surface area (Å²) in [7, 11) is 0. The van der Waals surface area contributed by atoms with E-state index in [-0.39, 0.29) is 0 Å². The van der Waals surface area contributed by atoms with Crippen molar-refractivity contribution in [3.63, 3.8) is 0 Å². The van der Waals surface area contributed by atoms with Crippen molar-refractivity contribution in [1.82, 2.24) is 9.97 Å². The van der Waals surface area contributed by atoms with Crippen molar-refractivity contribution in [2.45, 2.75) is 32.2 Å². The topological polar surface area (TPSA) is 33.5 Å². The van der Waals surface area contributed by atoms with Crippen LogP contribution in [0.15, 0.2) is 24.5 Å². The van der Waals surface area contributed by atoms with Crippen LogP contribution in [0.25, 0.3) is 10.2 Å². The molecule has 5 rings (SSSR count). The highest BCUT2D eigenvalue weighted by Gasteiger charge is 2.26. The molecule has 1 aliphatic heterocycles. The molecule has 1 N–H and O–H groups in total. The molecule has 0 unspecified atom stereocenters. The van der Waals surface area contributed by atoms with E-state index >= 15 is 0 Å². The highest BCUT2D eigenvalue weighted by Crippen LogP contribution is 2.39. The molecule has 2 aromatic heterocycles. The van der Waals surface area contributed by atoms with Gasteiger partial charge in [-0.15, -0.1) is 11.3 Å². The van der Waals surface area contributed by atoms with Crippen LogP contribution in [0.5, 0.6) is 0 Å². The third-order valence-corrected chi connectivity index (χ3v) is 7.74. The number of aryl methyl sites for hydroxylation is 2. The minimum Gasteiger partial charge on any atom is -0.345 e. The third-order valence-electron chi connectivity index (χ3n) is 5.96. The summed E-state index contributed by atoms with van der Waals surface area (Å²) in [5.41, 5.74) is 2.69.